The molecule has 0 saturated carbocycles. The fourth-order valence-corrected chi connectivity index (χ4v) is 2.17. The third kappa shape index (κ3) is 3.12. The van der Waals surface area contributed by atoms with Crippen LogP contribution in [-0.4, -0.2) is 11.0 Å². The Labute approximate surface area is 126 Å². The van der Waals surface area contributed by atoms with Crippen molar-refractivity contribution in [3.05, 3.63) is 65.8 Å². The molecular formula is C16H12ClN3O. The molecule has 0 spiro atoms. The van der Waals surface area contributed by atoms with Crippen LogP contribution in [0, 0.1) is 0 Å². The van der Waals surface area contributed by atoms with Gasteiger partial charge in [-0.3, -0.25) is 5.32 Å². The van der Waals surface area contributed by atoms with E-state index >= 15 is 0 Å². The van der Waals surface area contributed by atoms with Gasteiger partial charge in [-0.1, -0.05) is 48.0 Å². The molecule has 0 saturated heterocycles. The van der Waals surface area contributed by atoms with E-state index in [-0.39, 0.29) is 6.03 Å². The summed E-state index contributed by atoms with van der Waals surface area (Å²) >= 11 is 5.75. The third-order valence-electron chi connectivity index (χ3n) is 3.01. The Morgan fingerprint density at radius 3 is 2.57 bits per heavy atom. The van der Waals surface area contributed by atoms with Crippen molar-refractivity contribution in [1.82, 2.24) is 4.98 Å². The summed E-state index contributed by atoms with van der Waals surface area (Å²) in [6.45, 7) is 0. The quantitative estimate of drug-likeness (QED) is 0.730. The lowest BCUT2D eigenvalue weighted by atomic mass is 10.1. The van der Waals surface area contributed by atoms with Crippen molar-refractivity contribution in [3.8, 4) is 0 Å². The number of hydrogen-bond donors (Lipinski definition) is 2. The first kappa shape index (κ1) is 13.4. The zero-order chi connectivity index (χ0) is 14.7. The highest BCUT2D eigenvalue weighted by molar-refractivity contribution is 6.30. The zero-order valence-corrected chi connectivity index (χ0v) is 11.8. The second-order valence-electron chi connectivity index (χ2n) is 4.47. The molecule has 0 atom stereocenters. The number of carbonyl (C=O) groups is 1. The molecule has 2 amide bonds. The van der Waals surface area contributed by atoms with Gasteiger partial charge in [0.15, 0.2) is 0 Å². The lowest BCUT2D eigenvalue weighted by molar-refractivity contribution is 0.262. The predicted molar refractivity (Wildman–Crippen MR) is 85.8 cm³/mol. The fourth-order valence-electron chi connectivity index (χ4n) is 2.05. The Morgan fingerprint density at radius 2 is 1.76 bits per heavy atom. The van der Waals surface area contributed by atoms with E-state index in [1.54, 1.807) is 12.1 Å². The van der Waals surface area contributed by atoms with Crippen LogP contribution in [0.15, 0.2) is 60.8 Å². The first-order valence-electron chi connectivity index (χ1n) is 6.40. The standard InChI is InChI=1S/C16H12ClN3O/c17-12-8-9-15(18-10-12)20-16(21)19-14-7-3-5-11-4-1-2-6-13(11)14/h1-10H,(H2,18,19,20,21). The lowest BCUT2D eigenvalue weighted by Gasteiger charge is -2.09. The van der Waals surface area contributed by atoms with E-state index in [0.717, 1.165) is 16.5 Å². The maximum Gasteiger partial charge on any atom is 0.324 e. The average molecular weight is 298 g/mol. The van der Waals surface area contributed by atoms with Crippen LogP contribution in [0.4, 0.5) is 16.3 Å². The monoisotopic (exact) mass is 297 g/mol. The van der Waals surface area contributed by atoms with Crippen LogP contribution in [0.5, 0.6) is 0 Å². The maximum atomic E-state index is 12.0. The molecule has 0 aliphatic heterocycles. The van der Waals surface area contributed by atoms with Crippen LogP contribution in [0.2, 0.25) is 5.02 Å². The van der Waals surface area contributed by atoms with Crippen LogP contribution >= 0.6 is 11.6 Å². The second-order valence-corrected chi connectivity index (χ2v) is 4.90. The number of anilines is 2. The molecule has 1 aromatic heterocycles. The predicted octanol–water partition coefficient (Wildman–Crippen LogP) is 4.53. The van der Waals surface area contributed by atoms with Crippen molar-refractivity contribution in [3.63, 3.8) is 0 Å². The molecule has 0 aliphatic carbocycles. The number of urea groups is 1. The van der Waals surface area contributed by atoms with E-state index in [0.29, 0.717) is 10.8 Å². The van der Waals surface area contributed by atoms with Gasteiger partial charge >= 0.3 is 6.03 Å². The van der Waals surface area contributed by atoms with Gasteiger partial charge in [0.1, 0.15) is 5.82 Å². The Bertz CT molecular complexity index is 782. The van der Waals surface area contributed by atoms with Gasteiger partial charge in [-0.05, 0) is 23.6 Å². The van der Waals surface area contributed by atoms with E-state index < -0.39 is 0 Å². The molecule has 5 heteroatoms. The van der Waals surface area contributed by atoms with Crippen molar-refractivity contribution in [2.24, 2.45) is 0 Å². The summed E-state index contributed by atoms with van der Waals surface area (Å²) in [5.74, 6) is 0.442. The summed E-state index contributed by atoms with van der Waals surface area (Å²) in [4.78, 5) is 16.0. The smallest absolute Gasteiger partial charge is 0.307 e. The largest absolute Gasteiger partial charge is 0.324 e. The van der Waals surface area contributed by atoms with E-state index in [1.165, 1.54) is 6.20 Å². The summed E-state index contributed by atoms with van der Waals surface area (Å²) in [5.41, 5.74) is 0.750. The SMILES string of the molecule is O=C(Nc1ccc(Cl)cn1)Nc1cccc2ccccc12. The highest BCUT2D eigenvalue weighted by Crippen LogP contribution is 2.23. The van der Waals surface area contributed by atoms with Crippen LogP contribution in [0.3, 0.4) is 0 Å². The third-order valence-corrected chi connectivity index (χ3v) is 3.23. The highest BCUT2D eigenvalue weighted by atomic mass is 35.5. The molecule has 1 heterocycles. The van der Waals surface area contributed by atoms with E-state index in [4.69, 9.17) is 11.6 Å². The van der Waals surface area contributed by atoms with Gasteiger partial charge in [0.2, 0.25) is 0 Å². The number of nitrogens with one attached hydrogen (secondary N) is 2. The van der Waals surface area contributed by atoms with Gasteiger partial charge in [0, 0.05) is 11.6 Å². The minimum Gasteiger partial charge on any atom is -0.307 e. The second kappa shape index (κ2) is 5.81. The van der Waals surface area contributed by atoms with Crippen LogP contribution < -0.4 is 10.6 Å². The van der Waals surface area contributed by atoms with Crippen molar-refractivity contribution >= 4 is 39.9 Å². The number of amides is 2. The van der Waals surface area contributed by atoms with E-state index in [9.17, 15) is 4.79 Å². The van der Waals surface area contributed by atoms with Crippen molar-refractivity contribution in [1.29, 1.82) is 0 Å². The molecule has 104 valence electrons. The van der Waals surface area contributed by atoms with Crippen molar-refractivity contribution in [2.45, 2.75) is 0 Å². The fraction of sp³-hybridized carbons (Fsp3) is 0. The van der Waals surface area contributed by atoms with Gasteiger partial charge in [-0.15, -0.1) is 0 Å². The molecule has 0 radical (unpaired) electrons. The molecule has 0 fully saturated rings. The Morgan fingerprint density at radius 1 is 0.952 bits per heavy atom. The van der Waals surface area contributed by atoms with Gasteiger partial charge in [-0.25, -0.2) is 9.78 Å². The van der Waals surface area contributed by atoms with E-state index in [1.807, 2.05) is 42.5 Å². The van der Waals surface area contributed by atoms with Crippen LogP contribution in [0.1, 0.15) is 0 Å². The molecule has 0 aliphatic rings. The summed E-state index contributed by atoms with van der Waals surface area (Å²) in [6.07, 6.45) is 1.48. The minimum absolute atomic E-state index is 0.346. The topological polar surface area (TPSA) is 54.0 Å². The maximum absolute atomic E-state index is 12.0. The molecule has 2 N–H and O–H groups in total. The summed E-state index contributed by atoms with van der Waals surface area (Å²) in [6, 6.07) is 16.6. The number of fused-ring (bicyclic) bond motifs is 1. The first-order valence-corrected chi connectivity index (χ1v) is 6.77. The first-order chi connectivity index (χ1) is 10.2. The number of rotatable bonds is 2. The van der Waals surface area contributed by atoms with Crippen LogP contribution in [0.25, 0.3) is 10.8 Å². The molecule has 2 aromatic carbocycles. The molecule has 4 nitrogen and oxygen atoms in total. The number of hydrogen-bond acceptors (Lipinski definition) is 2. The number of carbonyl (C=O) groups excluding carboxylic acids is 1. The lowest BCUT2D eigenvalue weighted by Crippen LogP contribution is -2.20. The van der Waals surface area contributed by atoms with Crippen molar-refractivity contribution < 1.29 is 4.79 Å². The van der Waals surface area contributed by atoms with E-state index in [2.05, 4.69) is 15.6 Å². The molecule has 3 aromatic rings. The minimum atomic E-state index is -0.346. The molecule has 3 rings (SSSR count). The van der Waals surface area contributed by atoms with Gasteiger partial charge in [-0.2, -0.15) is 0 Å². The normalized spacial score (nSPS) is 10.3. The Balaban J connectivity index is 1.79. The Kier molecular flexibility index (Phi) is 3.71. The van der Waals surface area contributed by atoms with Gasteiger partial charge in [0.05, 0.1) is 10.7 Å². The molecule has 0 bridgehead atoms. The molecule has 21 heavy (non-hydrogen) atoms. The summed E-state index contributed by atoms with van der Waals surface area (Å²) < 4.78 is 0. The number of pyridine rings is 1. The molecule has 0 unspecified atom stereocenters. The number of benzene rings is 2. The van der Waals surface area contributed by atoms with Gasteiger partial charge in [0.25, 0.3) is 0 Å². The van der Waals surface area contributed by atoms with Crippen LogP contribution in [-0.2, 0) is 0 Å². The summed E-state index contributed by atoms with van der Waals surface area (Å²) in [5, 5.41) is 8.07. The highest BCUT2D eigenvalue weighted by Gasteiger charge is 2.06. The molecular weight excluding hydrogens is 286 g/mol. The summed E-state index contributed by atoms with van der Waals surface area (Å²) in [7, 11) is 0. The number of halogens is 1. The number of nitrogens with zero attached hydrogens (tertiary/aromatic N) is 1. The van der Waals surface area contributed by atoms with Gasteiger partial charge < -0.3 is 5.32 Å². The number of aromatic nitrogens is 1. The Hall–Kier alpha value is -2.59. The van der Waals surface area contributed by atoms with Crippen molar-refractivity contribution in [2.75, 3.05) is 10.6 Å². The average Bonchev–Trinajstić information content (AvgIpc) is 2.50. The zero-order valence-electron chi connectivity index (χ0n) is 11.0.